The molecule has 0 aromatic rings. The summed E-state index contributed by atoms with van der Waals surface area (Å²) < 4.78 is 0. The van der Waals surface area contributed by atoms with Crippen LogP contribution in [-0.2, 0) is 4.79 Å². The molecular weight excluding hydrogens is 176 g/mol. The Morgan fingerprint density at radius 2 is 2.21 bits per heavy atom. The molecule has 0 aliphatic heterocycles. The number of carbonyl (C=O) groups is 1. The van der Waals surface area contributed by atoms with Crippen LogP contribution in [0.5, 0.6) is 0 Å². The largest absolute Gasteiger partial charge is 0.355 e. The highest BCUT2D eigenvalue weighted by Gasteiger charge is 2.35. The molecular formula is C11H22N2O. The average Bonchev–Trinajstić information content (AvgIpc) is 2.01. The first-order valence-electron chi connectivity index (χ1n) is 5.60. The van der Waals surface area contributed by atoms with E-state index in [1.54, 1.807) is 0 Å². The Bertz CT molecular complexity index is 192. The number of hydrogen-bond donors (Lipinski definition) is 2. The molecule has 0 spiro atoms. The van der Waals surface area contributed by atoms with Crippen LogP contribution in [0.2, 0.25) is 0 Å². The molecule has 3 nitrogen and oxygen atoms in total. The molecule has 0 radical (unpaired) electrons. The number of carbonyl (C=O) groups excluding carboxylic acids is 1. The van der Waals surface area contributed by atoms with E-state index in [0.29, 0.717) is 11.8 Å². The second kappa shape index (κ2) is 4.78. The van der Waals surface area contributed by atoms with E-state index in [1.165, 1.54) is 25.7 Å². The second-order valence-corrected chi connectivity index (χ2v) is 4.67. The molecule has 0 aromatic carbocycles. The molecule has 14 heavy (non-hydrogen) atoms. The van der Waals surface area contributed by atoms with Gasteiger partial charge < -0.3 is 11.1 Å². The fourth-order valence-electron chi connectivity index (χ4n) is 1.98. The lowest BCUT2D eigenvalue weighted by Gasteiger charge is -2.41. The molecule has 1 atom stereocenters. The van der Waals surface area contributed by atoms with Gasteiger partial charge in [0.05, 0.1) is 0 Å². The maximum absolute atomic E-state index is 11.4. The summed E-state index contributed by atoms with van der Waals surface area (Å²) in [6.07, 6.45) is 5.46. The third-order valence-electron chi connectivity index (χ3n) is 3.33. The van der Waals surface area contributed by atoms with E-state index in [-0.39, 0.29) is 11.9 Å². The van der Waals surface area contributed by atoms with Gasteiger partial charge >= 0.3 is 0 Å². The molecule has 1 rings (SSSR count). The highest BCUT2D eigenvalue weighted by atomic mass is 16.1. The minimum Gasteiger partial charge on any atom is -0.355 e. The molecule has 1 aliphatic rings. The Hall–Kier alpha value is -0.570. The van der Waals surface area contributed by atoms with Gasteiger partial charge in [-0.25, -0.2) is 0 Å². The molecule has 3 heteroatoms. The Morgan fingerprint density at radius 3 is 2.57 bits per heavy atom. The standard InChI is InChI=1S/C11H22N2O/c1-3-11(5-4-6-11)8-13-10(14)7-9(2)12/h9H,3-8,12H2,1-2H3,(H,13,14). The number of rotatable bonds is 5. The maximum atomic E-state index is 11.4. The second-order valence-electron chi connectivity index (χ2n) is 4.67. The zero-order valence-electron chi connectivity index (χ0n) is 9.31. The minimum absolute atomic E-state index is 0.0334. The average molecular weight is 198 g/mol. The summed E-state index contributed by atoms with van der Waals surface area (Å²) in [5, 5.41) is 2.99. The molecule has 1 amide bonds. The van der Waals surface area contributed by atoms with E-state index >= 15 is 0 Å². The van der Waals surface area contributed by atoms with Gasteiger partial charge in [-0.05, 0) is 31.6 Å². The molecule has 1 saturated carbocycles. The van der Waals surface area contributed by atoms with Crippen molar-refractivity contribution in [3.05, 3.63) is 0 Å². The number of amides is 1. The van der Waals surface area contributed by atoms with Crippen molar-refractivity contribution in [2.24, 2.45) is 11.1 Å². The van der Waals surface area contributed by atoms with E-state index in [4.69, 9.17) is 5.73 Å². The highest BCUT2D eigenvalue weighted by Crippen LogP contribution is 2.42. The SMILES string of the molecule is CCC1(CNC(=O)CC(C)N)CCC1. The minimum atomic E-state index is -0.0334. The van der Waals surface area contributed by atoms with Crippen LogP contribution in [0, 0.1) is 5.41 Å². The Kier molecular flexibility index (Phi) is 3.93. The molecule has 3 N–H and O–H groups in total. The summed E-state index contributed by atoms with van der Waals surface area (Å²) in [6.45, 7) is 4.91. The van der Waals surface area contributed by atoms with Crippen LogP contribution in [-0.4, -0.2) is 18.5 Å². The highest BCUT2D eigenvalue weighted by molar-refractivity contribution is 5.76. The zero-order chi connectivity index (χ0) is 10.6. The van der Waals surface area contributed by atoms with Crippen molar-refractivity contribution in [1.82, 2.24) is 5.32 Å². The first-order valence-corrected chi connectivity index (χ1v) is 5.60. The number of hydrogen-bond acceptors (Lipinski definition) is 2. The third-order valence-corrected chi connectivity index (χ3v) is 3.33. The van der Waals surface area contributed by atoms with Crippen LogP contribution < -0.4 is 11.1 Å². The predicted octanol–water partition coefficient (Wildman–Crippen LogP) is 1.42. The van der Waals surface area contributed by atoms with Crippen molar-refractivity contribution >= 4 is 5.91 Å². The first-order chi connectivity index (χ1) is 6.58. The maximum Gasteiger partial charge on any atom is 0.221 e. The van der Waals surface area contributed by atoms with E-state index < -0.39 is 0 Å². The lowest BCUT2D eigenvalue weighted by atomic mass is 9.67. The Morgan fingerprint density at radius 1 is 1.57 bits per heavy atom. The van der Waals surface area contributed by atoms with Crippen LogP contribution in [0.25, 0.3) is 0 Å². The van der Waals surface area contributed by atoms with Crippen molar-refractivity contribution in [1.29, 1.82) is 0 Å². The lowest BCUT2D eigenvalue weighted by Crippen LogP contribution is -2.42. The van der Waals surface area contributed by atoms with Gasteiger partial charge in [0, 0.05) is 19.0 Å². The molecule has 0 saturated heterocycles. The van der Waals surface area contributed by atoms with Crippen LogP contribution in [0.15, 0.2) is 0 Å². The molecule has 0 heterocycles. The van der Waals surface area contributed by atoms with Crippen molar-refractivity contribution in [3.8, 4) is 0 Å². The summed E-state index contributed by atoms with van der Waals surface area (Å²) in [5.74, 6) is 0.0970. The van der Waals surface area contributed by atoms with Crippen LogP contribution in [0.3, 0.4) is 0 Å². The molecule has 1 fully saturated rings. The zero-order valence-corrected chi connectivity index (χ0v) is 9.31. The van der Waals surface area contributed by atoms with E-state index in [1.807, 2.05) is 6.92 Å². The summed E-state index contributed by atoms with van der Waals surface area (Å²) >= 11 is 0. The van der Waals surface area contributed by atoms with Crippen molar-refractivity contribution < 1.29 is 4.79 Å². The monoisotopic (exact) mass is 198 g/mol. The van der Waals surface area contributed by atoms with Gasteiger partial charge in [0.2, 0.25) is 5.91 Å². The van der Waals surface area contributed by atoms with Gasteiger partial charge in [0.25, 0.3) is 0 Å². The smallest absolute Gasteiger partial charge is 0.221 e. The van der Waals surface area contributed by atoms with E-state index in [0.717, 1.165) is 6.54 Å². The summed E-state index contributed by atoms with van der Waals surface area (Å²) in [5.41, 5.74) is 5.96. The molecule has 0 aromatic heterocycles. The Balaban J connectivity index is 2.22. The van der Waals surface area contributed by atoms with Crippen LogP contribution >= 0.6 is 0 Å². The third kappa shape index (κ3) is 2.98. The summed E-state index contributed by atoms with van der Waals surface area (Å²) in [4.78, 5) is 11.4. The summed E-state index contributed by atoms with van der Waals surface area (Å²) in [7, 11) is 0. The normalized spacial score (nSPS) is 21.1. The van der Waals surface area contributed by atoms with Gasteiger partial charge in [0.15, 0.2) is 0 Å². The predicted molar refractivity (Wildman–Crippen MR) is 57.9 cm³/mol. The molecule has 1 aliphatic carbocycles. The van der Waals surface area contributed by atoms with Gasteiger partial charge in [-0.1, -0.05) is 13.3 Å². The van der Waals surface area contributed by atoms with Crippen molar-refractivity contribution in [2.45, 2.75) is 52.0 Å². The molecule has 0 bridgehead atoms. The first kappa shape index (κ1) is 11.5. The van der Waals surface area contributed by atoms with E-state index in [9.17, 15) is 4.79 Å². The van der Waals surface area contributed by atoms with E-state index in [2.05, 4.69) is 12.2 Å². The lowest BCUT2D eigenvalue weighted by molar-refractivity contribution is -0.122. The fraction of sp³-hybridized carbons (Fsp3) is 0.909. The van der Waals surface area contributed by atoms with Gasteiger partial charge in [-0.2, -0.15) is 0 Å². The summed E-state index contributed by atoms with van der Waals surface area (Å²) in [6, 6.07) is -0.0334. The van der Waals surface area contributed by atoms with Crippen LogP contribution in [0.1, 0.15) is 46.0 Å². The topological polar surface area (TPSA) is 55.1 Å². The van der Waals surface area contributed by atoms with Gasteiger partial charge in [-0.3, -0.25) is 4.79 Å². The van der Waals surface area contributed by atoms with Crippen LogP contribution in [0.4, 0.5) is 0 Å². The van der Waals surface area contributed by atoms with Crippen molar-refractivity contribution in [2.75, 3.05) is 6.54 Å². The fourth-order valence-corrected chi connectivity index (χ4v) is 1.98. The number of nitrogens with one attached hydrogen (secondary N) is 1. The number of nitrogens with two attached hydrogens (primary N) is 1. The van der Waals surface area contributed by atoms with Gasteiger partial charge in [0.1, 0.15) is 0 Å². The molecule has 82 valence electrons. The van der Waals surface area contributed by atoms with Gasteiger partial charge in [-0.15, -0.1) is 0 Å². The molecule has 1 unspecified atom stereocenters. The van der Waals surface area contributed by atoms with Crippen molar-refractivity contribution in [3.63, 3.8) is 0 Å². The quantitative estimate of drug-likeness (QED) is 0.702. The Labute approximate surface area is 86.4 Å².